The Bertz CT molecular complexity index is 173. The van der Waals surface area contributed by atoms with Gasteiger partial charge in [-0.2, -0.15) is 0 Å². The highest BCUT2D eigenvalue weighted by molar-refractivity contribution is 5.92. The van der Waals surface area contributed by atoms with E-state index in [9.17, 15) is 4.79 Å². The van der Waals surface area contributed by atoms with Crippen LogP contribution in [0, 0.1) is 0 Å². The minimum atomic E-state index is 0.0375. The highest BCUT2D eigenvalue weighted by atomic mass is 16.1. The summed E-state index contributed by atoms with van der Waals surface area (Å²) in [5.74, 6) is 0.0375. The first-order valence-corrected chi connectivity index (χ1v) is 5.11. The molecule has 0 fully saturated rings. The van der Waals surface area contributed by atoms with Crippen molar-refractivity contribution in [3.05, 3.63) is 11.6 Å². The van der Waals surface area contributed by atoms with E-state index in [1.54, 1.807) is 7.05 Å². The molecule has 0 unspecified atom stereocenters. The molecule has 1 amide bonds. The zero-order valence-electron chi connectivity index (χ0n) is 9.02. The summed E-state index contributed by atoms with van der Waals surface area (Å²) in [6.07, 6.45) is 8.08. The number of unbranched alkanes of at least 4 members (excludes halogenated alkanes) is 4. The van der Waals surface area contributed by atoms with Crippen LogP contribution in [0.2, 0.25) is 0 Å². The van der Waals surface area contributed by atoms with Crippen molar-refractivity contribution in [2.45, 2.75) is 46.0 Å². The molecule has 1 N–H and O–H groups in total. The average molecular weight is 183 g/mol. The van der Waals surface area contributed by atoms with E-state index < -0.39 is 0 Å². The van der Waals surface area contributed by atoms with E-state index in [0.717, 1.165) is 12.0 Å². The van der Waals surface area contributed by atoms with E-state index in [1.165, 1.54) is 25.7 Å². The van der Waals surface area contributed by atoms with Gasteiger partial charge in [-0.05, 0) is 19.8 Å². The van der Waals surface area contributed by atoms with Gasteiger partial charge in [0.25, 0.3) is 0 Å². The third kappa shape index (κ3) is 6.38. The van der Waals surface area contributed by atoms with E-state index in [4.69, 9.17) is 0 Å². The molecule has 0 rings (SSSR count). The fourth-order valence-corrected chi connectivity index (χ4v) is 1.18. The van der Waals surface area contributed by atoms with Crippen LogP contribution >= 0.6 is 0 Å². The topological polar surface area (TPSA) is 29.1 Å². The molecule has 0 aliphatic carbocycles. The van der Waals surface area contributed by atoms with Crippen molar-refractivity contribution < 1.29 is 4.79 Å². The van der Waals surface area contributed by atoms with Gasteiger partial charge in [-0.3, -0.25) is 4.79 Å². The highest BCUT2D eigenvalue weighted by Gasteiger charge is 1.98. The molecule has 0 bridgehead atoms. The normalized spacial score (nSPS) is 11.5. The van der Waals surface area contributed by atoms with Gasteiger partial charge in [0.15, 0.2) is 0 Å². The lowest BCUT2D eigenvalue weighted by molar-refractivity contribution is -0.117. The maximum Gasteiger partial charge on any atom is 0.246 e. The summed E-state index contributed by atoms with van der Waals surface area (Å²) in [6.45, 7) is 4.06. The first-order valence-electron chi connectivity index (χ1n) is 5.11. The molecule has 0 saturated heterocycles. The number of nitrogens with one attached hydrogen (secondary N) is 1. The van der Waals surface area contributed by atoms with Crippen molar-refractivity contribution >= 4 is 5.91 Å². The molecule has 2 nitrogen and oxygen atoms in total. The van der Waals surface area contributed by atoms with Crippen molar-refractivity contribution in [1.29, 1.82) is 0 Å². The van der Waals surface area contributed by atoms with Gasteiger partial charge < -0.3 is 5.32 Å². The molecule has 76 valence electrons. The lowest BCUT2D eigenvalue weighted by Gasteiger charge is -1.99. The molecule has 0 heterocycles. The standard InChI is InChI=1S/C11H21NO/c1-4-5-6-7-8-9-10(2)11(13)12-3/h9H,4-8H2,1-3H3,(H,12,13)/b10-9+. The van der Waals surface area contributed by atoms with Gasteiger partial charge in [-0.1, -0.05) is 32.3 Å². The predicted molar refractivity (Wildman–Crippen MR) is 56.6 cm³/mol. The SMILES string of the molecule is CCCCCC/C=C(\C)C(=O)NC. The summed E-state index contributed by atoms with van der Waals surface area (Å²) in [4.78, 5) is 11.1. The molecule has 0 radical (unpaired) electrons. The van der Waals surface area contributed by atoms with Crippen LogP contribution in [0.25, 0.3) is 0 Å². The summed E-state index contributed by atoms with van der Waals surface area (Å²) in [6, 6.07) is 0. The van der Waals surface area contributed by atoms with E-state index >= 15 is 0 Å². The van der Waals surface area contributed by atoms with Gasteiger partial charge in [0.2, 0.25) is 5.91 Å². The van der Waals surface area contributed by atoms with Crippen LogP contribution in [-0.2, 0) is 4.79 Å². The highest BCUT2D eigenvalue weighted by Crippen LogP contribution is 2.05. The minimum absolute atomic E-state index is 0.0375. The van der Waals surface area contributed by atoms with E-state index in [2.05, 4.69) is 12.2 Å². The number of rotatable bonds is 6. The Balaban J connectivity index is 3.53. The average Bonchev–Trinajstić information content (AvgIpc) is 2.16. The lowest BCUT2D eigenvalue weighted by atomic mass is 10.1. The first kappa shape index (κ1) is 12.2. The van der Waals surface area contributed by atoms with E-state index in [-0.39, 0.29) is 5.91 Å². The van der Waals surface area contributed by atoms with Crippen LogP contribution in [0.3, 0.4) is 0 Å². The van der Waals surface area contributed by atoms with Crippen LogP contribution < -0.4 is 5.32 Å². The maximum atomic E-state index is 11.1. The van der Waals surface area contributed by atoms with E-state index in [0.29, 0.717) is 0 Å². The molecule has 0 aliphatic heterocycles. The molecular formula is C11H21NO. The van der Waals surface area contributed by atoms with Crippen LogP contribution in [-0.4, -0.2) is 13.0 Å². The first-order chi connectivity index (χ1) is 6.22. The van der Waals surface area contributed by atoms with Gasteiger partial charge >= 0.3 is 0 Å². The number of carbonyl (C=O) groups excluding carboxylic acids is 1. The zero-order chi connectivity index (χ0) is 10.1. The van der Waals surface area contributed by atoms with E-state index in [1.807, 2.05) is 13.0 Å². The molecule has 0 aromatic rings. The molecule has 0 atom stereocenters. The molecule has 0 aromatic carbocycles. The lowest BCUT2D eigenvalue weighted by Crippen LogP contribution is -2.18. The number of hydrogen-bond donors (Lipinski definition) is 1. The van der Waals surface area contributed by atoms with Crippen LogP contribution in [0.15, 0.2) is 11.6 Å². The van der Waals surface area contributed by atoms with Gasteiger partial charge in [-0.15, -0.1) is 0 Å². The summed E-state index contributed by atoms with van der Waals surface area (Å²) < 4.78 is 0. The molecule has 0 aliphatic rings. The molecule has 0 saturated carbocycles. The Morgan fingerprint density at radius 1 is 1.31 bits per heavy atom. The Morgan fingerprint density at radius 2 is 2.00 bits per heavy atom. The second kappa shape index (κ2) is 7.84. The summed E-state index contributed by atoms with van der Waals surface area (Å²) in [5, 5.41) is 2.61. The molecule has 0 aromatic heterocycles. The van der Waals surface area contributed by atoms with Crippen LogP contribution in [0.4, 0.5) is 0 Å². The maximum absolute atomic E-state index is 11.1. The smallest absolute Gasteiger partial charge is 0.246 e. The fraction of sp³-hybridized carbons (Fsp3) is 0.727. The molecule has 13 heavy (non-hydrogen) atoms. The molecule has 2 heteroatoms. The van der Waals surface area contributed by atoms with Crippen molar-refractivity contribution in [1.82, 2.24) is 5.32 Å². The Hall–Kier alpha value is -0.790. The summed E-state index contributed by atoms with van der Waals surface area (Å²) in [5.41, 5.74) is 0.832. The van der Waals surface area contributed by atoms with Gasteiger partial charge in [0.05, 0.1) is 0 Å². The number of amides is 1. The van der Waals surface area contributed by atoms with Crippen molar-refractivity contribution in [3.63, 3.8) is 0 Å². The fourth-order valence-electron chi connectivity index (χ4n) is 1.18. The Morgan fingerprint density at radius 3 is 2.54 bits per heavy atom. The third-order valence-electron chi connectivity index (χ3n) is 2.09. The van der Waals surface area contributed by atoms with Crippen molar-refractivity contribution in [2.75, 3.05) is 7.05 Å². The van der Waals surface area contributed by atoms with Crippen molar-refractivity contribution in [2.24, 2.45) is 0 Å². The number of hydrogen-bond acceptors (Lipinski definition) is 1. The van der Waals surface area contributed by atoms with Crippen molar-refractivity contribution in [3.8, 4) is 0 Å². The van der Waals surface area contributed by atoms with Crippen LogP contribution in [0.1, 0.15) is 46.0 Å². The molecule has 0 spiro atoms. The number of carbonyl (C=O) groups is 1. The van der Waals surface area contributed by atoms with Gasteiger partial charge in [0.1, 0.15) is 0 Å². The summed E-state index contributed by atoms with van der Waals surface area (Å²) >= 11 is 0. The zero-order valence-corrected chi connectivity index (χ0v) is 9.02. The Kier molecular flexibility index (Phi) is 7.36. The predicted octanol–water partition coefficient (Wildman–Crippen LogP) is 2.65. The third-order valence-corrected chi connectivity index (χ3v) is 2.09. The monoisotopic (exact) mass is 183 g/mol. The number of allylic oxidation sites excluding steroid dienone is 1. The molecular weight excluding hydrogens is 162 g/mol. The Labute approximate surface area is 81.4 Å². The quantitative estimate of drug-likeness (QED) is 0.498. The minimum Gasteiger partial charge on any atom is -0.355 e. The van der Waals surface area contributed by atoms with Crippen LogP contribution in [0.5, 0.6) is 0 Å². The number of likely N-dealkylation sites (N-methyl/N-ethyl adjacent to an activating group) is 1. The second-order valence-corrected chi connectivity index (χ2v) is 3.32. The van der Waals surface area contributed by atoms with Gasteiger partial charge in [-0.25, -0.2) is 0 Å². The largest absolute Gasteiger partial charge is 0.355 e. The second-order valence-electron chi connectivity index (χ2n) is 3.32. The van der Waals surface area contributed by atoms with Gasteiger partial charge in [0, 0.05) is 12.6 Å². The summed E-state index contributed by atoms with van der Waals surface area (Å²) in [7, 11) is 1.66.